The van der Waals surface area contributed by atoms with Crippen LogP contribution in [0.15, 0.2) is 0 Å². The molecule has 0 aromatic carbocycles. The molecule has 0 amide bonds. The molecule has 20 valence electrons. The zero-order chi connectivity index (χ0) is 3.58. The summed E-state index contributed by atoms with van der Waals surface area (Å²) in [7, 11) is 0. The summed E-state index contributed by atoms with van der Waals surface area (Å²) in [5.41, 5.74) is 0. The largest absolute Gasteiger partial charge is 0.299 e. The van der Waals surface area contributed by atoms with Gasteiger partial charge in [0.25, 0.3) is 0 Å². The zero-order valence-corrected chi connectivity index (χ0v) is 2.06. The summed E-state index contributed by atoms with van der Waals surface area (Å²) in [5.74, 6) is -0.833. The second kappa shape index (κ2) is 1.04. The Balaban J connectivity index is 2.80. The molecule has 0 saturated heterocycles. The maximum Gasteiger partial charge on any atom is 0.142 e. The van der Waals surface area contributed by atoms with Gasteiger partial charge in [0.2, 0.25) is 0 Å². The fourth-order valence-corrected chi connectivity index (χ4v) is 0. The number of rotatable bonds is 0. The Morgan fingerprint density at radius 1 is 1.50 bits per heavy atom. The molecule has 0 saturated carbocycles. The smallest absolute Gasteiger partial charge is 0.142 e. The molecular weight excluding hydrogens is 52.0 g/mol. The fraction of sp³-hybridized carbons (Fsp3) is 0. The lowest BCUT2D eigenvalue weighted by Crippen LogP contribution is -1.71. The van der Waals surface area contributed by atoms with Crippen molar-refractivity contribution >= 4 is 5.78 Å². The first kappa shape index (κ1) is 3.67. The van der Waals surface area contributed by atoms with E-state index >= 15 is 0 Å². The molecule has 0 aliphatic heterocycles. The van der Waals surface area contributed by atoms with Gasteiger partial charge in [-0.05, 0) is 0 Å². The van der Waals surface area contributed by atoms with Gasteiger partial charge >= 0.3 is 0 Å². The molecule has 0 atom stereocenters. The van der Waals surface area contributed by atoms with Gasteiger partial charge in [-0.2, -0.15) is 0 Å². The molecule has 0 bridgehead atoms. The summed E-state index contributed by atoms with van der Waals surface area (Å²) in [5, 5.41) is 0. The Morgan fingerprint density at radius 2 is 1.50 bits per heavy atom. The van der Waals surface area contributed by atoms with E-state index in [0.29, 0.717) is 0 Å². The zero-order valence-electron chi connectivity index (χ0n) is 2.06. The number of hydrogen-bond donors (Lipinski definition) is 0. The van der Waals surface area contributed by atoms with E-state index in [4.69, 9.17) is 4.79 Å². The Hall–Kier alpha value is -0.330. The van der Waals surface area contributed by atoms with Crippen molar-refractivity contribution in [1.29, 1.82) is 0 Å². The highest BCUT2D eigenvalue weighted by Gasteiger charge is 1.65. The Bertz CT molecular complexity index is 26.3. The van der Waals surface area contributed by atoms with E-state index in [0.717, 1.165) is 0 Å². The van der Waals surface area contributed by atoms with E-state index in [9.17, 15) is 0 Å². The summed E-state index contributed by atoms with van der Waals surface area (Å²) in [6, 6.07) is 0. The molecule has 0 aliphatic rings. The fourth-order valence-electron chi connectivity index (χ4n) is 0. The van der Waals surface area contributed by atoms with Gasteiger partial charge in [-0.3, -0.25) is 4.79 Å². The third-order valence-corrected chi connectivity index (χ3v) is 0. The minimum Gasteiger partial charge on any atom is -0.299 e. The van der Waals surface area contributed by atoms with E-state index < -0.39 is 5.78 Å². The van der Waals surface area contributed by atoms with Crippen LogP contribution in [0.1, 0.15) is 0 Å². The van der Waals surface area contributed by atoms with Gasteiger partial charge in [-0.15, -0.1) is 0 Å². The van der Waals surface area contributed by atoms with Crippen LogP contribution in [-0.4, -0.2) is 5.78 Å². The van der Waals surface area contributed by atoms with E-state index in [2.05, 4.69) is 13.8 Å². The van der Waals surface area contributed by atoms with Crippen LogP contribution >= 0.6 is 0 Å². The second-order valence-electron chi connectivity index (χ2n) is 0.402. The molecule has 0 aromatic rings. The highest BCUT2D eigenvalue weighted by molar-refractivity contribution is 5.86. The minimum absolute atomic E-state index is 0.833. The van der Waals surface area contributed by atoms with Crippen molar-refractivity contribution in [2.24, 2.45) is 0 Å². The molecule has 0 fully saturated rings. The lowest BCUT2D eigenvalue weighted by atomic mass is 10.6. The van der Waals surface area contributed by atoms with Crippen LogP contribution in [0.5, 0.6) is 0 Å². The Morgan fingerprint density at radius 3 is 1.50 bits per heavy atom. The molecule has 0 heterocycles. The first-order chi connectivity index (χ1) is 1.73. The normalized spacial score (nSPS) is 6.50. The quantitative estimate of drug-likeness (QED) is 0.379. The number of hydrogen-bond acceptors (Lipinski definition) is 1. The van der Waals surface area contributed by atoms with Gasteiger partial charge < -0.3 is 0 Å². The molecule has 4 heavy (non-hydrogen) atoms. The van der Waals surface area contributed by atoms with Crippen LogP contribution < -0.4 is 0 Å². The van der Waals surface area contributed by atoms with Gasteiger partial charge in [0.1, 0.15) is 5.78 Å². The van der Waals surface area contributed by atoms with Crippen molar-refractivity contribution in [1.82, 2.24) is 0 Å². The Kier molecular flexibility index (Phi) is 0.958. The maximum atomic E-state index is 9.00. The monoisotopic (exact) mass is 54.0 g/mol. The minimum atomic E-state index is -0.833. The molecule has 0 aromatic heterocycles. The number of carbonyl (C=O) groups excluding carboxylic acids is 1. The van der Waals surface area contributed by atoms with Crippen molar-refractivity contribution in [2.45, 2.75) is 0 Å². The second-order valence-corrected chi connectivity index (χ2v) is 0.402. The van der Waals surface area contributed by atoms with Crippen LogP contribution in [0.4, 0.5) is 0 Å². The first-order valence-electron chi connectivity index (χ1n) is 0.781. The third kappa shape index (κ3) is 6.88. The van der Waals surface area contributed by atoms with Crippen LogP contribution in [0, 0.1) is 13.8 Å². The van der Waals surface area contributed by atoms with Crippen LogP contribution in [-0.2, 0) is 4.79 Å². The molecular formula is C3H2O. The molecule has 0 aliphatic carbocycles. The van der Waals surface area contributed by atoms with Crippen LogP contribution in [0.3, 0.4) is 0 Å². The summed E-state index contributed by atoms with van der Waals surface area (Å²) in [6.45, 7) is 8.50. The van der Waals surface area contributed by atoms with Crippen molar-refractivity contribution < 1.29 is 4.79 Å². The SMILES string of the molecule is [CH]C([CH])=O. The van der Waals surface area contributed by atoms with Crippen LogP contribution in [0.2, 0.25) is 0 Å². The summed E-state index contributed by atoms with van der Waals surface area (Å²) < 4.78 is 0. The number of Topliss-reactive ketones (excluding diaryl/α,β-unsaturated/α-hetero) is 1. The van der Waals surface area contributed by atoms with Crippen molar-refractivity contribution in [3.63, 3.8) is 0 Å². The predicted molar refractivity (Wildman–Crippen MR) is 13.6 cm³/mol. The van der Waals surface area contributed by atoms with Crippen molar-refractivity contribution in [3.8, 4) is 0 Å². The lowest BCUT2D eigenvalue weighted by Gasteiger charge is -1.53. The molecule has 0 spiro atoms. The van der Waals surface area contributed by atoms with Gasteiger partial charge in [-0.25, -0.2) is 0 Å². The summed E-state index contributed by atoms with van der Waals surface area (Å²) >= 11 is 0. The van der Waals surface area contributed by atoms with Crippen molar-refractivity contribution in [2.75, 3.05) is 0 Å². The van der Waals surface area contributed by atoms with E-state index in [-0.39, 0.29) is 0 Å². The lowest BCUT2D eigenvalue weighted by molar-refractivity contribution is -0.110. The highest BCUT2D eigenvalue weighted by Crippen LogP contribution is 1.47. The highest BCUT2D eigenvalue weighted by atomic mass is 16.1. The molecule has 0 unspecified atom stereocenters. The number of carbonyl (C=O) groups is 1. The first-order valence-corrected chi connectivity index (χ1v) is 0.781. The van der Waals surface area contributed by atoms with E-state index in [1.165, 1.54) is 0 Å². The van der Waals surface area contributed by atoms with Gasteiger partial charge in [0.05, 0.1) is 0 Å². The average Bonchev–Trinajstić information content (AvgIpc) is 0.811. The average molecular weight is 54.0 g/mol. The van der Waals surface area contributed by atoms with E-state index in [1.54, 1.807) is 0 Å². The third-order valence-electron chi connectivity index (χ3n) is 0. The molecule has 0 N–H and O–H groups in total. The standard InChI is InChI=1S/C3H2O/c1-3(2)4/h1-2H. The topological polar surface area (TPSA) is 17.1 Å². The van der Waals surface area contributed by atoms with E-state index in [1.807, 2.05) is 0 Å². The molecule has 0 rings (SSSR count). The molecule has 1 nitrogen and oxygen atoms in total. The predicted octanol–water partition coefficient (Wildman–Crippen LogP) is -0.0223. The van der Waals surface area contributed by atoms with Gasteiger partial charge in [0, 0.05) is 13.8 Å². The van der Waals surface area contributed by atoms with Gasteiger partial charge in [0.15, 0.2) is 0 Å². The van der Waals surface area contributed by atoms with Gasteiger partial charge in [-0.1, -0.05) is 0 Å². The molecule has 1 heteroatoms. The number of ketones is 1. The Labute approximate surface area is 25.6 Å². The summed E-state index contributed by atoms with van der Waals surface area (Å²) in [4.78, 5) is 9.00. The van der Waals surface area contributed by atoms with Crippen LogP contribution in [0.25, 0.3) is 0 Å². The molecule has 4 radical (unpaired) electrons. The maximum absolute atomic E-state index is 9.00. The summed E-state index contributed by atoms with van der Waals surface area (Å²) in [6.07, 6.45) is 0. The van der Waals surface area contributed by atoms with Crippen molar-refractivity contribution in [3.05, 3.63) is 13.8 Å².